The Kier molecular flexibility index (Phi) is 5.04. The van der Waals surface area contributed by atoms with Crippen molar-refractivity contribution in [2.24, 2.45) is 0 Å². The second-order valence-electron chi connectivity index (χ2n) is 4.59. The number of methoxy groups -OCH3 is 1. The van der Waals surface area contributed by atoms with Crippen LogP contribution in [0.1, 0.15) is 18.4 Å². The number of ether oxygens (including phenoxy) is 1. The first-order valence-corrected chi connectivity index (χ1v) is 7.48. The zero-order chi connectivity index (χ0) is 13.7. The molecule has 1 saturated heterocycles. The molecule has 1 aliphatic rings. The topological polar surface area (TPSA) is 64.4 Å². The molecule has 1 aliphatic heterocycles. The van der Waals surface area contributed by atoms with Gasteiger partial charge in [-0.3, -0.25) is 10.1 Å². The lowest BCUT2D eigenvalue weighted by Gasteiger charge is -2.22. The quantitative estimate of drug-likeness (QED) is 0.664. The normalized spacial score (nSPS) is 19.1. The average molecular weight is 282 g/mol. The van der Waals surface area contributed by atoms with Gasteiger partial charge in [0.15, 0.2) is 0 Å². The van der Waals surface area contributed by atoms with Gasteiger partial charge in [-0.25, -0.2) is 0 Å². The molecule has 5 nitrogen and oxygen atoms in total. The molecule has 1 aromatic carbocycles. The monoisotopic (exact) mass is 282 g/mol. The molecule has 1 aromatic rings. The Morgan fingerprint density at radius 1 is 1.53 bits per heavy atom. The van der Waals surface area contributed by atoms with Crippen molar-refractivity contribution < 1.29 is 9.66 Å². The van der Waals surface area contributed by atoms with Gasteiger partial charge in [-0.15, -0.1) is 0 Å². The molecule has 2 rings (SSSR count). The predicted molar refractivity (Wildman–Crippen MR) is 76.8 cm³/mol. The smallest absolute Gasteiger partial charge is 0.273 e. The van der Waals surface area contributed by atoms with E-state index in [2.05, 4.69) is 5.32 Å². The van der Waals surface area contributed by atoms with Gasteiger partial charge < -0.3 is 10.1 Å². The first-order valence-electron chi connectivity index (χ1n) is 6.32. The minimum atomic E-state index is -0.386. The molecule has 1 unspecified atom stereocenters. The Morgan fingerprint density at radius 3 is 3.00 bits per heavy atom. The molecule has 1 N–H and O–H groups in total. The maximum Gasteiger partial charge on any atom is 0.273 e. The van der Waals surface area contributed by atoms with Gasteiger partial charge in [0.2, 0.25) is 0 Å². The van der Waals surface area contributed by atoms with Crippen LogP contribution in [0.5, 0.6) is 5.75 Å². The number of hydrogen-bond donors (Lipinski definition) is 1. The number of benzene rings is 1. The third-order valence-electron chi connectivity index (χ3n) is 3.15. The number of non-ortho nitro benzene ring substituents is 1. The second-order valence-corrected chi connectivity index (χ2v) is 5.74. The highest BCUT2D eigenvalue weighted by Crippen LogP contribution is 2.23. The molecule has 0 aliphatic carbocycles. The number of nitro groups is 1. The Bertz CT molecular complexity index is 448. The highest BCUT2D eigenvalue weighted by atomic mass is 32.2. The van der Waals surface area contributed by atoms with Crippen LogP contribution in [0.15, 0.2) is 18.2 Å². The van der Waals surface area contributed by atoms with E-state index in [1.165, 1.54) is 31.8 Å². The predicted octanol–water partition coefficient (Wildman–Crippen LogP) is 2.59. The van der Waals surface area contributed by atoms with Crippen molar-refractivity contribution >= 4 is 17.4 Å². The van der Waals surface area contributed by atoms with Crippen molar-refractivity contribution in [2.45, 2.75) is 25.4 Å². The maximum absolute atomic E-state index is 10.9. The Morgan fingerprint density at radius 2 is 2.37 bits per heavy atom. The van der Waals surface area contributed by atoms with E-state index in [1.807, 2.05) is 17.8 Å². The molecule has 104 valence electrons. The lowest BCUT2D eigenvalue weighted by molar-refractivity contribution is -0.385. The van der Waals surface area contributed by atoms with E-state index in [4.69, 9.17) is 4.74 Å². The summed E-state index contributed by atoms with van der Waals surface area (Å²) in [7, 11) is 1.52. The molecular weight excluding hydrogens is 264 g/mol. The maximum atomic E-state index is 10.9. The molecule has 0 spiro atoms. The van der Waals surface area contributed by atoms with Crippen LogP contribution in [0.2, 0.25) is 0 Å². The molecular formula is C13H18N2O3S. The average Bonchev–Trinajstić information content (AvgIpc) is 2.45. The van der Waals surface area contributed by atoms with Crippen molar-refractivity contribution in [2.75, 3.05) is 18.6 Å². The van der Waals surface area contributed by atoms with Crippen molar-refractivity contribution in [3.8, 4) is 5.75 Å². The van der Waals surface area contributed by atoms with Gasteiger partial charge in [0.1, 0.15) is 5.75 Å². The second kappa shape index (κ2) is 6.77. The molecule has 0 amide bonds. The Labute approximate surface area is 116 Å². The molecule has 0 aromatic heterocycles. The summed E-state index contributed by atoms with van der Waals surface area (Å²) in [5.41, 5.74) is 0.968. The third-order valence-corrected chi connectivity index (χ3v) is 4.37. The van der Waals surface area contributed by atoms with Crippen LogP contribution in [-0.2, 0) is 6.54 Å². The van der Waals surface area contributed by atoms with Gasteiger partial charge in [0, 0.05) is 24.4 Å². The highest BCUT2D eigenvalue weighted by molar-refractivity contribution is 7.99. The van der Waals surface area contributed by atoms with E-state index in [9.17, 15) is 10.1 Å². The van der Waals surface area contributed by atoms with Crippen LogP contribution in [-0.4, -0.2) is 29.6 Å². The summed E-state index contributed by atoms with van der Waals surface area (Å²) in [6.45, 7) is 0.642. The summed E-state index contributed by atoms with van der Waals surface area (Å²) in [5.74, 6) is 2.89. The van der Waals surface area contributed by atoms with E-state index in [0.29, 0.717) is 18.3 Å². The fraction of sp³-hybridized carbons (Fsp3) is 0.538. The fourth-order valence-corrected chi connectivity index (χ4v) is 3.24. The van der Waals surface area contributed by atoms with Crippen LogP contribution < -0.4 is 10.1 Å². The molecule has 0 bridgehead atoms. The molecule has 0 radical (unpaired) electrons. The fourth-order valence-electron chi connectivity index (χ4n) is 2.13. The van der Waals surface area contributed by atoms with Crippen LogP contribution >= 0.6 is 11.8 Å². The van der Waals surface area contributed by atoms with Gasteiger partial charge in [-0.2, -0.15) is 11.8 Å². The van der Waals surface area contributed by atoms with Crippen molar-refractivity contribution in [1.82, 2.24) is 5.32 Å². The lowest BCUT2D eigenvalue weighted by atomic mass is 10.1. The van der Waals surface area contributed by atoms with E-state index in [0.717, 1.165) is 11.3 Å². The van der Waals surface area contributed by atoms with Crippen molar-refractivity contribution in [1.29, 1.82) is 0 Å². The minimum Gasteiger partial charge on any atom is -0.496 e. The highest BCUT2D eigenvalue weighted by Gasteiger charge is 2.14. The standard InChI is InChI=1S/C13H18N2O3S/c1-18-13-6-10(5-12(7-13)15(16)17)8-14-11-3-2-4-19-9-11/h5-7,11,14H,2-4,8-9H2,1H3. The van der Waals surface area contributed by atoms with Gasteiger partial charge in [-0.1, -0.05) is 0 Å². The Hall–Kier alpha value is -1.27. The Balaban J connectivity index is 2.02. The van der Waals surface area contributed by atoms with E-state index in [1.54, 1.807) is 6.07 Å². The lowest BCUT2D eigenvalue weighted by Crippen LogP contribution is -2.33. The first-order chi connectivity index (χ1) is 9.19. The molecule has 0 saturated carbocycles. The van der Waals surface area contributed by atoms with Crippen LogP contribution in [0.25, 0.3) is 0 Å². The van der Waals surface area contributed by atoms with Crippen LogP contribution in [0.4, 0.5) is 5.69 Å². The summed E-state index contributed by atoms with van der Waals surface area (Å²) >= 11 is 1.96. The number of nitrogens with zero attached hydrogens (tertiary/aromatic N) is 1. The summed E-state index contributed by atoms with van der Waals surface area (Å²) in [6.07, 6.45) is 2.42. The van der Waals surface area contributed by atoms with E-state index >= 15 is 0 Å². The van der Waals surface area contributed by atoms with Gasteiger partial charge in [0.25, 0.3) is 5.69 Å². The minimum absolute atomic E-state index is 0.0779. The molecule has 1 atom stereocenters. The number of nitrogens with one attached hydrogen (secondary N) is 1. The van der Waals surface area contributed by atoms with Crippen LogP contribution in [0, 0.1) is 10.1 Å². The number of thioether (sulfide) groups is 1. The first kappa shape index (κ1) is 14.1. The van der Waals surface area contributed by atoms with E-state index < -0.39 is 0 Å². The summed E-state index contributed by atoms with van der Waals surface area (Å²) < 4.78 is 5.10. The van der Waals surface area contributed by atoms with E-state index in [-0.39, 0.29) is 10.6 Å². The summed E-state index contributed by atoms with van der Waals surface area (Å²) in [5, 5.41) is 14.3. The van der Waals surface area contributed by atoms with Crippen molar-refractivity contribution in [3.63, 3.8) is 0 Å². The molecule has 1 fully saturated rings. The zero-order valence-corrected chi connectivity index (χ0v) is 11.7. The van der Waals surface area contributed by atoms with Gasteiger partial charge >= 0.3 is 0 Å². The number of hydrogen-bond acceptors (Lipinski definition) is 5. The molecule has 19 heavy (non-hydrogen) atoms. The summed E-state index contributed by atoms with van der Waals surface area (Å²) in [6, 6.07) is 5.39. The van der Waals surface area contributed by atoms with Crippen LogP contribution in [0.3, 0.4) is 0 Å². The number of nitro benzene ring substituents is 1. The molecule has 6 heteroatoms. The number of rotatable bonds is 5. The summed E-state index contributed by atoms with van der Waals surface area (Å²) in [4.78, 5) is 10.5. The SMILES string of the molecule is COc1cc(CNC2CCCSC2)cc([N+](=O)[O-])c1. The van der Waals surface area contributed by atoms with Crippen molar-refractivity contribution in [3.05, 3.63) is 33.9 Å². The third kappa shape index (κ3) is 4.11. The zero-order valence-electron chi connectivity index (χ0n) is 10.9. The van der Waals surface area contributed by atoms with Gasteiger partial charge in [0.05, 0.1) is 18.1 Å². The molecule has 1 heterocycles. The van der Waals surface area contributed by atoms with Gasteiger partial charge in [-0.05, 0) is 30.2 Å². The largest absolute Gasteiger partial charge is 0.496 e.